The molecule has 10 heteroatoms. The number of halogens is 1. The lowest BCUT2D eigenvalue weighted by molar-refractivity contribution is 0.184. The molecule has 0 radical (unpaired) electrons. The summed E-state index contributed by atoms with van der Waals surface area (Å²) in [5.74, 6) is 0. The minimum atomic E-state index is -3.53. The molecule has 0 aliphatic carbocycles. The number of thiazole rings is 1. The highest BCUT2D eigenvalue weighted by molar-refractivity contribution is 9.10. The van der Waals surface area contributed by atoms with Crippen LogP contribution in [0.25, 0.3) is 0 Å². The standard InChI is InChI=1S/C14H15BrN4O3S2/c15-11-1-3-12(4-2-11)24(21,22)19-8-6-18(7-9-19)14(20)17-13-16-5-10-23-13/h1-5,10H,6-9H2,(H,16,17,20). The number of nitrogens with zero attached hydrogens (tertiary/aromatic N) is 3. The van der Waals surface area contributed by atoms with E-state index in [9.17, 15) is 13.2 Å². The van der Waals surface area contributed by atoms with Crippen LogP contribution in [-0.2, 0) is 10.0 Å². The van der Waals surface area contributed by atoms with Gasteiger partial charge in [-0.1, -0.05) is 15.9 Å². The molecule has 24 heavy (non-hydrogen) atoms. The highest BCUT2D eigenvalue weighted by atomic mass is 79.9. The fourth-order valence-electron chi connectivity index (χ4n) is 2.34. The van der Waals surface area contributed by atoms with Gasteiger partial charge in [-0.2, -0.15) is 4.31 Å². The molecule has 2 aromatic rings. The van der Waals surface area contributed by atoms with Gasteiger partial charge in [0.05, 0.1) is 4.90 Å². The maximum absolute atomic E-state index is 12.6. The van der Waals surface area contributed by atoms with Crippen molar-refractivity contribution in [2.75, 3.05) is 31.5 Å². The Kier molecular flexibility index (Phi) is 5.18. The molecule has 1 saturated heterocycles. The molecule has 0 saturated carbocycles. The smallest absolute Gasteiger partial charge is 0.322 e. The summed E-state index contributed by atoms with van der Waals surface area (Å²) in [6.45, 7) is 1.22. The summed E-state index contributed by atoms with van der Waals surface area (Å²) in [5, 5.41) is 5.01. The third-order valence-corrected chi connectivity index (χ3v) is 6.75. The van der Waals surface area contributed by atoms with E-state index in [-0.39, 0.29) is 24.0 Å². The Bertz CT molecular complexity index is 801. The molecule has 128 valence electrons. The van der Waals surface area contributed by atoms with Crippen molar-refractivity contribution in [2.45, 2.75) is 4.90 Å². The van der Waals surface area contributed by atoms with Gasteiger partial charge in [0.2, 0.25) is 10.0 Å². The van der Waals surface area contributed by atoms with Gasteiger partial charge >= 0.3 is 6.03 Å². The SMILES string of the molecule is O=C(Nc1nccs1)N1CCN(S(=O)(=O)c2ccc(Br)cc2)CC1. The number of piperazine rings is 1. The predicted molar refractivity (Wildman–Crippen MR) is 95.6 cm³/mol. The number of amides is 2. The van der Waals surface area contributed by atoms with E-state index in [1.165, 1.54) is 15.6 Å². The average Bonchev–Trinajstić information content (AvgIpc) is 3.08. The summed E-state index contributed by atoms with van der Waals surface area (Å²) >= 11 is 4.63. The van der Waals surface area contributed by atoms with Crippen molar-refractivity contribution in [3.8, 4) is 0 Å². The Morgan fingerprint density at radius 1 is 1.17 bits per heavy atom. The number of carbonyl (C=O) groups is 1. The molecule has 0 spiro atoms. The highest BCUT2D eigenvalue weighted by Crippen LogP contribution is 2.20. The summed E-state index contributed by atoms with van der Waals surface area (Å²) in [6, 6.07) is 6.28. The van der Waals surface area contributed by atoms with Crippen LogP contribution in [0.4, 0.5) is 9.93 Å². The Morgan fingerprint density at radius 2 is 1.83 bits per heavy atom. The maximum Gasteiger partial charge on any atom is 0.323 e. The fraction of sp³-hybridized carbons (Fsp3) is 0.286. The van der Waals surface area contributed by atoms with Crippen molar-refractivity contribution in [1.82, 2.24) is 14.2 Å². The number of rotatable bonds is 3. The first kappa shape index (κ1) is 17.3. The molecule has 2 amide bonds. The largest absolute Gasteiger partial charge is 0.323 e. The van der Waals surface area contributed by atoms with E-state index in [0.29, 0.717) is 18.2 Å². The third-order valence-electron chi connectivity index (χ3n) is 3.62. The Balaban J connectivity index is 1.62. The van der Waals surface area contributed by atoms with Crippen LogP contribution in [0.15, 0.2) is 45.2 Å². The quantitative estimate of drug-likeness (QED) is 0.810. The van der Waals surface area contributed by atoms with Crippen molar-refractivity contribution in [1.29, 1.82) is 0 Å². The predicted octanol–water partition coefficient (Wildman–Crippen LogP) is 2.44. The summed E-state index contributed by atoms with van der Waals surface area (Å²) < 4.78 is 27.5. The lowest BCUT2D eigenvalue weighted by Crippen LogP contribution is -2.51. The molecule has 1 aromatic heterocycles. The van der Waals surface area contributed by atoms with Crippen LogP contribution in [0.1, 0.15) is 0 Å². The van der Waals surface area contributed by atoms with Gasteiger partial charge in [-0.25, -0.2) is 18.2 Å². The Hall–Kier alpha value is -1.49. The normalized spacial score (nSPS) is 16.1. The molecule has 0 bridgehead atoms. The summed E-state index contributed by atoms with van der Waals surface area (Å²) in [4.78, 5) is 18.0. The fourth-order valence-corrected chi connectivity index (χ4v) is 4.55. The Labute approximate surface area is 152 Å². The molecular weight excluding hydrogens is 416 g/mol. The maximum atomic E-state index is 12.6. The molecule has 1 aliphatic rings. The highest BCUT2D eigenvalue weighted by Gasteiger charge is 2.30. The molecule has 3 rings (SSSR count). The van der Waals surface area contributed by atoms with Gasteiger partial charge in [0.1, 0.15) is 0 Å². The van der Waals surface area contributed by atoms with Crippen LogP contribution in [-0.4, -0.2) is 54.8 Å². The minimum absolute atomic E-state index is 0.256. The molecule has 1 N–H and O–H groups in total. The van der Waals surface area contributed by atoms with Gasteiger partial charge in [0.15, 0.2) is 5.13 Å². The minimum Gasteiger partial charge on any atom is -0.322 e. The first-order chi connectivity index (χ1) is 11.5. The number of aromatic nitrogens is 1. The van der Waals surface area contributed by atoms with E-state index in [2.05, 4.69) is 26.2 Å². The van der Waals surface area contributed by atoms with Gasteiger partial charge < -0.3 is 4.90 Å². The number of carbonyl (C=O) groups excluding carboxylic acids is 1. The summed E-state index contributed by atoms with van der Waals surface area (Å²) in [6.07, 6.45) is 1.61. The number of sulfonamides is 1. The van der Waals surface area contributed by atoms with E-state index >= 15 is 0 Å². The van der Waals surface area contributed by atoms with E-state index in [1.807, 2.05) is 0 Å². The van der Waals surface area contributed by atoms with Gasteiger partial charge in [-0.05, 0) is 24.3 Å². The number of hydrogen-bond acceptors (Lipinski definition) is 5. The van der Waals surface area contributed by atoms with Crippen LogP contribution in [0.3, 0.4) is 0 Å². The van der Waals surface area contributed by atoms with E-state index in [4.69, 9.17) is 0 Å². The molecule has 1 aromatic carbocycles. The molecule has 1 aliphatic heterocycles. The second-order valence-corrected chi connectivity index (χ2v) is 8.86. The molecule has 7 nitrogen and oxygen atoms in total. The van der Waals surface area contributed by atoms with Crippen molar-refractivity contribution in [3.05, 3.63) is 40.3 Å². The molecule has 2 heterocycles. The van der Waals surface area contributed by atoms with E-state index in [0.717, 1.165) is 4.47 Å². The van der Waals surface area contributed by atoms with E-state index in [1.54, 1.807) is 40.7 Å². The van der Waals surface area contributed by atoms with Crippen LogP contribution in [0.5, 0.6) is 0 Å². The van der Waals surface area contributed by atoms with Crippen LogP contribution in [0, 0.1) is 0 Å². The van der Waals surface area contributed by atoms with Gasteiger partial charge in [-0.3, -0.25) is 5.32 Å². The zero-order valence-corrected chi connectivity index (χ0v) is 15.8. The molecule has 0 atom stereocenters. The molecule has 1 fully saturated rings. The Morgan fingerprint density at radius 3 is 2.42 bits per heavy atom. The van der Waals surface area contributed by atoms with Crippen molar-refractivity contribution in [2.24, 2.45) is 0 Å². The van der Waals surface area contributed by atoms with Crippen LogP contribution < -0.4 is 5.32 Å². The van der Waals surface area contributed by atoms with Crippen LogP contribution >= 0.6 is 27.3 Å². The average molecular weight is 431 g/mol. The first-order valence-corrected chi connectivity index (χ1v) is 10.3. The summed E-state index contributed by atoms with van der Waals surface area (Å²) in [5.41, 5.74) is 0. The molecular formula is C14H15BrN4O3S2. The lowest BCUT2D eigenvalue weighted by atomic mass is 10.4. The van der Waals surface area contributed by atoms with Crippen molar-refractivity contribution < 1.29 is 13.2 Å². The lowest BCUT2D eigenvalue weighted by Gasteiger charge is -2.33. The number of hydrogen-bond donors (Lipinski definition) is 1. The topological polar surface area (TPSA) is 82.6 Å². The zero-order chi connectivity index (χ0) is 17.2. The van der Waals surface area contributed by atoms with E-state index < -0.39 is 10.0 Å². The number of anilines is 1. The number of benzene rings is 1. The monoisotopic (exact) mass is 430 g/mol. The second kappa shape index (κ2) is 7.18. The third kappa shape index (κ3) is 3.77. The van der Waals surface area contributed by atoms with Gasteiger partial charge in [-0.15, -0.1) is 11.3 Å². The zero-order valence-electron chi connectivity index (χ0n) is 12.6. The van der Waals surface area contributed by atoms with Crippen molar-refractivity contribution >= 4 is 48.5 Å². The van der Waals surface area contributed by atoms with Gasteiger partial charge in [0, 0.05) is 42.2 Å². The number of nitrogens with one attached hydrogen (secondary N) is 1. The van der Waals surface area contributed by atoms with Gasteiger partial charge in [0.25, 0.3) is 0 Å². The summed E-state index contributed by atoms with van der Waals surface area (Å²) in [7, 11) is -3.53. The van der Waals surface area contributed by atoms with Crippen LogP contribution in [0.2, 0.25) is 0 Å². The number of urea groups is 1. The first-order valence-electron chi connectivity index (χ1n) is 7.18. The molecule has 0 unspecified atom stereocenters. The second-order valence-electron chi connectivity index (χ2n) is 5.11. The van der Waals surface area contributed by atoms with Crippen molar-refractivity contribution in [3.63, 3.8) is 0 Å².